The third kappa shape index (κ3) is 2.54. The first-order valence-electron chi connectivity index (χ1n) is 5.62. The normalized spacial score (nSPS) is 11.1. The highest BCUT2D eigenvalue weighted by Gasteiger charge is 2.13. The van der Waals surface area contributed by atoms with Crippen molar-refractivity contribution in [3.63, 3.8) is 0 Å². The molecule has 0 aliphatic heterocycles. The topological polar surface area (TPSA) is 50.8 Å². The Balaban J connectivity index is 2.08. The van der Waals surface area contributed by atoms with Crippen molar-refractivity contribution in [3.8, 4) is 17.3 Å². The SMILES string of the molecule is CCOc1ccc2[nH]c(-c3cc(Br)sc3Br)nc2n1. The molecule has 1 N–H and O–H groups in total. The summed E-state index contributed by atoms with van der Waals surface area (Å²) in [6.45, 7) is 2.53. The van der Waals surface area contributed by atoms with Gasteiger partial charge in [0.25, 0.3) is 0 Å². The Hall–Kier alpha value is -0.920. The van der Waals surface area contributed by atoms with Crippen molar-refractivity contribution in [2.24, 2.45) is 0 Å². The lowest BCUT2D eigenvalue weighted by atomic mass is 10.3. The molecule has 3 heterocycles. The maximum Gasteiger partial charge on any atom is 0.215 e. The lowest BCUT2D eigenvalue weighted by molar-refractivity contribution is 0.328. The molecule has 0 saturated carbocycles. The first-order chi connectivity index (χ1) is 9.17. The highest BCUT2D eigenvalue weighted by molar-refractivity contribution is 9.12. The number of imidazole rings is 1. The number of fused-ring (bicyclic) bond motifs is 1. The largest absolute Gasteiger partial charge is 0.478 e. The van der Waals surface area contributed by atoms with Gasteiger partial charge in [0, 0.05) is 11.6 Å². The second-order valence-electron chi connectivity index (χ2n) is 3.78. The van der Waals surface area contributed by atoms with Crippen LogP contribution in [0.2, 0.25) is 0 Å². The number of ether oxygens (including phenoxy) is 1. The average molecular weight is 403 g/mol. The molecule has 3 rings (SSSR count). The summed E-state index contributed by atoms with van der Waals surface area (Å²) in [5, 5.41) is 0. The number of hydrogen-bond donors (Lipinski definition) is 1. The molecule has 19 heavy (non-hydrogen) atoms. The Kier molecular flexibility index (Phi) is 3.60. The van der Waals surface area contributed by atoms with Crippen LogP contribution in [0, 0.1) is 0 Å². The molecule has 7 heteroatoms. The van der Waals surface area contributed by atoms with Gasteiger partial charge in [-0.15, -0.1) is 11.3 Å². The number of pyridine rings is 1. The van der Waals surface area contributed by atoms with Gasteiger partial charge in [0.15, 0.2) is 5.65 Å². The molecule has 0 unspecified atom stereocenters. The van der Waals surface area contributed by atoms with Crippen molar-refractivity contribution >= 4 is 54.4 Å². The van der Waals surface area contributed by atoms with Gasteiger partial charge in [-0.2, -0.15) is 4.98 Å². The van der Waals surface area contributed by atoms with Gasteiger partial charge in [-0.1, -0.05) is 0 Å². The maximum atomic E-state index is 5.38. The summed E-state index contributed by atoms with van der Waals surface area (Å²) in [6.07, 6.45) is 0. The molecule has 0 saturated heterocycles. The standard InChI is InChI=1S/C12H9Br2N3OS/c1-2-18-9-4-3-7-12(16-9)17-11(15-7)6-5-8(13)19-10(6)14/h3-5H,2H2,1H3,(H,15,16,17). The van der Waals surface area contributed by atoms with Crippen LogP contribution < -0.4 is 4.74 Å². The molecular weight excluding hydrogens is 394 g/mol. The minimum absolute atomic E-state index is 0.596. The molecule has 0 aromatic carbocycles. The van der Waals surface area contributed by atoms with Crippen LogP contribution in [0.5, 0.6) is 5.88 Å². The molecule has 0 aliphatic rings. The molecule has 0 fully saturated rings. The van der Waals surface area contributed by atoms with Crippen LogP contribution in [-0.2, 0) is 0 Å². The number of aromatic amines is 1. The summed E-state index contributed by atoms with van der Waals surface area (Å²) >= 11 is 8.61. The van der Waals surface area contributed by atoms with Crippen LogP contribution in [0.4, 0.5) is 0 Å². The summed E-state index contributed by atoms with van der Waals surface area (Å²) in [4.78, 5) is 12.1. The predicted octanol–water partition coefficient (Wildman–Crippen LogP) is 4.61. The molecule has 0 radical (unpaired) electrons. The minimum atomic E-state index is 0.596. The first kappa shape index (κ1) is 13.1. The van der Waals surface area contributed by atoms with Gasteiger partial charge in [-0.3, -0.25) is 0 Å². The fourth-order valence-corrected chi connectivity index (χ4v) is 4.54. The van der Waals surface area contributed by atoms with Gasteiger partial charge in [-0.25, -0.2) is 4.98 Å². The Morgan fingerprint density at radius 3 is 2.84 bits per heavy atom. The van der Waals surface area contributed by atoms with Crippen molar-refractivity contribution in [3.05, 3.63) is 25.8 Å². The van der Waals surface area contributed by atoms with E-state index in [0.29, 0.717) is 18.1 Å². The number of rotatable bonds is 3. The van der Waals surface area contributed by atoms with Crippen LogP contribution in [0.25, 0.3) is 22.6 Å². The molecule has 0 aliphatic carbocycles. The predicted molar refractivity (Wildman–Crippen MR) is 83.8 cm³/mol. The van der Waals surface area contributed by atoms with Crippen LogP contribution in [0.1, 0.15) is 6.92 Å². The van der Waals surface area contributed by atoms with Gasteiger partial charge < -0.3 is 9.72 Å². The number of thiophene rings is 1. The smallest absolute Gasteiger partial charge is 0.215 e. The van der Waals surface area contributed by atoms with E-state index in [9.17, 15) is 0 Å². The van der Waals surface area contributed by atoms with Crippen LogP contribution in [0.3, 0.4) is 0 Å². The van der Waals surface area contributed by atoms with Gasteiger partial charge in [0.2, 0.25) is 5.88 Å². The maximum absolute atomic E-state index is 5.38. The molecule has 4 nitrogen and oxygen atoms in total. The zero-order chi connectivity index (χ0) is 13.4. The summed E-state index contributed by atoms with van der Waals surface area (Å²) in [6, 6.07) is 5.79. The number of aromatic nitrogens is 3. The zero-order valence-electron chi connectivity index (χ0n) is 9.91. The van der Waals surface area contributed by atoms with E-state index in [-0.39, 0.29) is 0 Å². The molecule has 0 bridgehead atoms. The lowest BCUT2D eigenvalue weighted by Crippen LogP contribution is -1.93. The fraction of sp³-hybridized carbons (Fsp3) is 0.167. The summed E-state index contributed by atoms with van der Waals surface area (Å²) in [5.74, 6) is 1.39. The van der Waals surface area contributed by atoms with Gasteiger partial charge in [0.1, 0.15) is 5.82 Å². The van der Waals surface area contributed by atoms with Crippen molar-refractivity contribution in [2.45, 2.75) is 6.92 Å². The van der Waals surface area contributed by atoms with Crippen LogP contribution >= 0.6 is 43.2 Å². The van der Waals surface area contributed by atoms with Crippen molar-refractivity contribution in [2.75, 3.05) is 6.61 Å². The number of nitrogens with zero attached hydrogens (tertiary/aromatic N) is 2. The van der Waals surface area contributed by atoms with E-state index < -0.39 is 0 Å². The van der Waals surface area contributed by atoms with Crippen LogP contribution in [-0.4, -0.2) is 21.6 Å². The minimum Gasteiger partial charge on any atom is -0.478 e. The molecule has 3 aromatic heterocycles. The fourth-order valence-electron chi connectivity index (χ4n) is 1.73. The summed E-state index contributed by atoms with van der Waals surface area (Å²) in [7, 11) is 0. The van der Waals surface area contributed by atoms with E-state index in [4.69, 9.17) is 4.74 Å². The molecule has 0 spiro atoms. The Morgan fingerprint density at radius 2 is 2.16 bits per heavy atom. The molecular formula is C12H9Br2N3OS. The monoisotopic (exact) mass is 401 g/mol. The van der Waals surface area contributed by atoms with Crippen molar-refractivity contribution < 1.29 is 4.74 Å². The first-order valence-corrected chi connectivity index (χ1v) is 8.02. The number of H-pyrrole nitrogens is 1. The third-order valence-corrected chi connectivity index (χ3v) is 4.86. The van der Waals surface area contributed by atoms with Gasteiger partial charge in [0.05, 0.1) is 19.7 Å². The summed E-state index contributed by atoms with van der Waals surface area (Å²) in [5.41, 5.74) is 2.58. The lowest BCUT2D eigenvalue weighted by Gasteiger charge is -1.99. The number of halogens is 2. The van der Waals surface area contributed by atoms with E-state index in [1.54, 1.807) is 11.3 Å². The molecule has 3 aromatic rings. The van der Waals surface area contributed by atoms with Crippen molar-refractivity contribution in [1.82, 2.24) is 15.0 Å². The highest BCUT2D eigenvalue weighted by Crippen LogP contribution is 2.37. The Bertz CT molecular complexity index is 738. The van der Waals surface area contributed by atoms with E-state index in [2.05, 4.69) is 46.8 Å². The molecule has 0 amide bonds. The van der Waals surface area contributed by atoms with E-state index in [1.807, 2.05) is 25.1 Å². The van der Waals surface area contributed by atoms with Crippen molar-refractivity contribution in [1.29, 1.82) is 0 Å². The van der Waals surface area contributed by atoms with E-state index in [0.717, 1.165) is 24.5 Å². The Labute approximate surface area is 130 Å². The zero-order valence-corrected chi connectivity index (χ0v) is 13.9. The average Bonchev–Trinajstić information content (AvgIpc) is 2.92. The van der Waals surface area contributed by atoms with Gasteiger partial charge >= 0.3 is 0 Å². The van der Waals surface area contributed by atoms with Crippen LogP contribution in [0.15, 0.2) is 25.8 Å². The number of nitrogens with one attached hydrogen (secondary N) is 1. The van der Waals surface area contributed by atoms with E-state index in [1.165, 1.54) is 0 Å². The summed E-state index contributed by atoms with van der Waals surface area (Å²) < 4.78 is 7.46. The number of hydrogen-bond acceptors (Lipinski definition) is 4. The van der Waals surface area contributed by atoms with E-state index >= 15 is 0 Å². The highest BCUT2D eigenvalue weighted by atomic mass is 79.9. The third-order valence-electron chi connectivity index (χ3n) is 2.52. The van der Waals surface area contributed by atoms with Gasteiger partial charge in [-0.05, 0) is 50.9 Å². The second-order valence-corrected chi connectivity index (χ2v) is 7.53. The Morgan fingerprint density at radius 1 is 1.32 bits per heavy atom. The quantitative estimate of drug-likeness (QED) is 0.695. The second kappa shape index (κ2) is 5.22. The molecule has 0 atom stereocenters. The molecule has 98 valence electrons.